The number of aromatic nitrogens is 2. The lowest BCUT2D eigenvalue weighted by molar-refractivity contribution is -0.118. The van der Waals surface area contributed by atoms with Gasteiger partial charge in [0.15, 0.2) is 0 Å². The standard InChI is InChI=1S/C10H16N4O2/c1-14-6-7(4-12-14)13-10(15)9-3-8(16-2)5-11-9/h4,6,8-9,11H,3,5H2,1-2H3,(H,13,15). The van der Waals surface area contributed by atoms with Crippen LogP contribution >= 0.6 is 0 Å². The molecule has 2 heterocycles. The topological polar surface area (TPSA) is 68.2 Å². The van der Waals surface area contributed by atoms with E-state index >= 15 is 0 Å². The molecule has 1 amide bonds. The molecule has 0 aliphatic carbocycles. The van der Waals surface area contributed by atoms with E-state index < -0.39 is 0 Å². The van der Waals surface area contributed by atoms with Gasteiger partial charge >= 0.3 is 0 Å². The van der Waals surface area contributed by atoms with Crippen molar-refractivity contribution in [3.05, 3.63) is 12.4 Å². The van der Waals surface area contributed by atoms with Gasteiger partial charge in [0, 0.05) is 26.9 Å². The number of methoxy groups -OCH3 is 1. The second kappa shape index (κ2) is 4.63. The summed E-state index contributed by atoms with van der Waals surface area (Å²) < 4.78 is 6.84. The SMILES string of the molecule is COC1CNC(C(=O)Nc2cnn(C)c2)C1. The van der Waals surface area contributed by atoms with Gasteiger partial charge in [-0.05, 0) is 6.42 Å². The predicted octanol–water partition coefficient (Wildman–Crippen LogP) is -0.264. The zero-order chi connectivity index (χ0) is 11.5. The molecule has 0 aromatic carbocycles. The molecule has 16 heavy (non-hydrogen) atoms. The summed E-state index contributed by atoms with van der Waals surface area (Å²) >= 11 is 0. The molecule has 2 unspecified atom stereocenters. The summed E-state index contributed by atoms with van der Waals surface area (Å²) in [5.74, 6) is -0.0347. The lowest BCUT2D eigenvalue weighted by Crippen LogP contribution is -2.35. The molecule has 0 radical (unpaired) electrons. The molecule has 0 spiro atoms. The number of anilines is 1. The summed E-state index contributed by atoms with van der Waals surface area (Å²) in [5, 5.41) is 9.91. The molecule has 88 valence electrons. The quantitative estimate of drug-likeness (QED) is 0.742. The first-order valence-corrected chi connectivity index (χ1v) is 5.24. The molecule has 1 fully saturated rings. The van der Waals surface area contributed by atoms with Crippen molar-refractivity contribution in [2.45, 2.75) is 18.6 Å². The Hall–Kier alpha value is -1.40. The summed E-state index contributed by atoms with van der Waals surface area (Å²) in [6.07, 6.45) is 4.23. The van der Waals surface area contributed by atoms with E-state index in [1.54, 1.807) is 24.2 Å². The second-order valence-electron chi connectivity index (χ2n) is 3.95. The van der Waals surface area contributed by atoms with Crippen LogP contribution in [0.5, 0.6) is 0 Å². The number of rotatable bonds is 3. The summed E-state index contributed by atoms with van der Waals surface area (Å²) in [5.41, 5.74) is 0.718. The minimum atomic E-state index is -0.176. The summed E-state index contributed by atoms with van der Waals surface area (Å²) in [4.78, 5) is 11.8. The maximum absolute atomic E-state index is 11.8. The van der Waals surface area contributed by atoms with Gasteiger partial charge in [-0.15, -0.1) is 0 Å². The first-order valence-electron chi connectivity index (χ1n) is 5.24. The second-order valence-corrected chi connectivity index (χ2v) is 3.95. The summed E-state index contributed by atoms with van der Waals surface area (Å²) in [7, 11) is 3.47. The third kappa shape index (κ3) is 2.40. The third-order valence-corrected chi connectivity index (χ3v) is 2.71. The predicted molar refractivity (Wildman–Crippen MR) is 59.0 cm³/mol. The number of carbonyl (C=O) groups is 1. The Morgan fingerprint density at radius 1 is 1.75 bits per heavy atom. The van der Waals surface area contributed by atoms with Crippen LogP contribution in [0.2, 0.25) is 0 Å². The Kier molecular flexibility index (Phi) is 3.21. The van der Waals surface area contributed by atoms with Gasteiger partial charge < -0.3 is 15.4 Å². The Balaban J connectivity index is 1.89. The van der Waals surface area contributed by atoms with Gasteiger partial charge in [-0.2, -0.15) is 5.10 Å². The summed E-state index contributed by atoms with van der Waals surface area (Å²) in [6, 6.07) is -0.176. The fourth-order valence-electron chi connectivity index (χ4n) is 1.80. The number of nitrogens with one attached hydrogen (secondary N) is 2. The molecule has 1 aromatic heterocycles. The Morgan fingerprint density at radius 2 is 2.56 bits per heavy atom. The third-order valence-electron chi connectivity index (χ3n) is 2.71. The van der Waals surface area contributed by atoms with Crippen LogP contribution in [0.3, 0.4) is 0 Å². The lowest BCUT2D eigenvalue weighted by atomic mass is 10.2. The van der Waals surface area contributed by atoms with E-state index in [1.165, 1.54) is 0 Å². The number of aryl methyl sites for hydroxylation is 1. The molecule has 1 aromatic rings. The van der Waals surface area contributed by atoms with E-state index in [2.05, 4.69) is 15.7 Å². The van der Waals surface area contributed by atoms with E-state index in [1.807, 2.05) is 7.05 Å². The zero-order valence-electron chi connectivity index (χ0n) is 9.43. The van der Waals surface area contributed by atoms with Gasteiger partial charge in [0.1, 0.15) is 0 Å². The van der Waals surface area contributed by atoms with Crippen LogP contribution in [0.15, 0.2) is 12.4 Å². The molecule has 1 saturated heterocycles. The van der Waals surface area contributed by atoms with Gasteiger partial charge in [-0.3, -0.25) is 9.48 Å². The fraction of sp³-hybridized carbons (Fsp3) is 0.600. The molecular weight excluding hydrogens is 208 g/mol. The lowest BCUT2D eigenvalue weighted by Gasteiger charge is -2.09. The number of amides is 1. The van der Waals surface area contributed by atoms with Crippen molar-refractivity contribution in [2.24, 2.45) is 7.05 Å². The highest BCUT2D eigenvalue weighted by atomic mass is 16.5. The van der Waals surface area contributed by atoms with Crippen molar-refractivity contribution in [3.63, 3.8) is 0 Å². The van der Waals surface area contributed by atoms with Crippen molar-refractivity contribution in [1.29, 1.82) is 0 Å². The molecule has 6 heteroatoms. The molecular formula is C10H16N4O2. The molecule has 1 aliphatic heterocycles. The van der Waals surface area contributed by atoms with Gasteiger partial charge in [0.2, 0.25) is 5.91 Å². The average Bonchev–Trinajstić information content (AvgIpc) is 2.87. The van der Waals surface area contributed by atoms with Crippen molar-refractivity contribution >= 4 is 11.6 Å². The number of carbonyl (C=O) groups excluding carboxylic acids is 1. The molecule has 1 aliphatic rings. The van der Waals surface area contributed by atoms with Crippen molar-refractivity contribution in [2.75, 3.05) is 19.0 Å². The molecule has 2 rings (SSSR count). The highest BCUT2D eigenvalue weighted by Crippen LogP contribution is 2.12. The Labute approximate surface area is 94.0 Å². The number of hydrogen-bond acceptors (Lipinski definition) is 4. The van der Waals surface area contributed by atoms with Crippen LogP contribution in [0.25, 0.3) is 0 Å². The first-order chi connectivity index (χ1) is 7.69. The minimum absolute atomic E-state index is 0.0347. The molecule has 6 nitrogen and oxygen atoms in total. The van der Waals surface area contributed by atoms with Crippen LogP contribution < -0.4 is 10.6 Å². The number of nitrogens with zero attached hydrogens (tertiary/aromatic N) is 2. The van der Waals surface area contributed by atoms with Crippen LogP contribution in [-0.4, -0.2) is 41.5 Å². The molecule has 0 bridgehead atoms. The average molecular weight is 224 g/mol. The highest BCUT2D eigenvalue weighted by molar-refractivity contribution is 5.94. The van der Waals surface area contributed by atoms with E-state index in [4.69, 9.17) is 4.74 Å². The van der Waals surface area contributed by atoms with E-state index in [0.29, 0.717) is 6.42 Å². The zero-order valence-corrected chi connectivity index (χ0v) is 9.43. The van der Waals surface area contributed by atoms with Gasteiger partial charge in [-0.1, -0.05) is 0 Å². The normalized spacial score (nSPS) is 24.6. The fourth-order valence-corrected chi connectivity index (χ4v) is 1.80. The molecule has 2 atom stereocenters. The molecule has 0 saturated carbocycles. The van der Waals surface area contributed by atoms with Gasteiger partial charge in [0.05, 0.1) is 24.0 Å². The highest BCUT2D eigenvalue weighted by Gasteiger charge is 2.29. The van der Waals surface area contributed by atoms with Crippen molar-refractivity contribution in [1.82, 2.24) is 15.1 Å². The van der Waals surface area contributed by atoms with E-state index in [0.717, 1.165) is 12.2 Å². The van der Waals surface area contributed by atoms with Crippen LogP contribution in [-0.2, 0) is 16.6 Å². The maximum atomic E-state index is 11.8. The maximum Gasteiger partial charge on any atom is 0.241 e. The van der Waals surface area contributed by atoms with Crippen molar-refractivity contribution < 1.29 is 9.53 Å². The van der Waals surface area contributed by atoms with Crippen LogP contribution in [0, 0.1) is 0 Å². The number of hydrogen-bond donors (Lipinski definition) is 2. The van der Waals surface area contributed by atoms with Crippen LogP contribution in [0.4, 0.5) is 5.69 Å². The van der Waals surface area contributed by atoms with Gasteiger partial charge in [0.25, 0.3) is 0 Å². The number of ether oxygens (including phenoxy) is 1. The summed E-state index contributed by atoms with van der Waals surface area (Å²) in [6.45, 7) is 0.724. The van der Waals surface area contributed by atoms with Gasteiger partial charge in [-0.25, -0.2) is 0 Å². The van der Waals surface area contributed by atoms with E-state index in [9.17, 15) is 4.79 Å². The minimum Gasteiger partial charge on any atom is -0.380 e. The van der Waals surface area contributed by atoms with Crippen LogP contribution in [0.1, 0.15) is 6.42 Å². The first kappa shape index (κ1) is 11.1. The smallest absolute Gasteiger partial charge is 0.241 e. The Bertz CT molecular complexity index is 377. The van der Waals surface area contributed by atoms with Crippen molar-refractivity contribution in [3.8, 4) is 0 Å². The Morgan fingerprint density at radius 3 is 3.12 bits per heavy atom. The molecule has 2 N–H and O–H groups in total. The monoisotopic (exact) mass is 224 g/mol. The largest absolute Gasteiger partial charge is 0.380 e. The van der Waals surface area contributed by atoms with E-state index in [-0.39, 0.29) is 18.1 Å².